The van der Waals surface area contributed by atoms with Crippen LogP contribution < -0.4 is 5.32 Å². The summed E-state index contributed by atoms with van der Waals surface area (Å²) in [6.07, 6.45) is 2.49. The molecule has 80 valence electrons. The van der Waals surface area contributed by atoms with Gasteiger partial charge in [0.1, 0.15) is 0 Å². The zero-order valence-electron chi connectivity index (χ0n) is 9.42. The lowest BCUT2D eigenvalue weighted by atomic mass is 10.1. The number of likely N-dealkylation sites (N-methyl/N-ethyl adjacent to an activating group) is 1. The minimum atomic E-state index is -0.275. The highest BCUT2D eigenvalue weighted by Crippen LogP contribution is 1.97. The van der Waals surface area contributed by atoms with E-state index in [0.29, 0.717) is 0 Å². The third kappa shape index (κ3) is 6.22. The Morgan fingerprint density at radius 1 is 1.14 bits per heavy atom. The van der Waals surface area contributed by atoms with E-state index in [1.165, 1.54) is 17.1 Å². The van der Waals surface area contributed by atoms with Crippen molar-refractivity contribution in [3.8, 4) is 0 Å². The van der Waals surface area contributed by atoms with Gasteiger partial charge in [-0.2, -0.15) is 0 Å². The average molecular weight is 198 g/mol. The molecule has 2 amide bonds. The van der Waals surface area contributed by atoms with Crippen LogP contribution in [0.3, 0.4) is 0 Å². The summed E-state index contributed by atoms with van der Waals surface area (Å²) in [6.45, 7) is 5.64. The molecule has 4 nitrogen and oxygen atoms in total. The lowest BCUT2D eigenvalue weighted by molar-refractivity contribution is -0.124. The number of nitrogens with one attached hydrogen (secondary N) is 1. The van der Waals surface area contributed by atoms with E-state index in [-0.39, 0.29) is 17.4 Å². The summed E-state index contributed by atoms with van der Waals surface area (Å²) >= 11 is 0. The second-order valence-corrected chi connectivity index (χ2v) is 4.31. The summed E-state index contributed by atoms with van der Waals surface area (Å²) < 4.78 is 0. The first-order valence-corrected chi connectivity index (χ1v) is 4.44. The van der Waals surface area contributed by atoms with Crippen LogP contribution in [-0.4, -0.2) is 36.3 Å². The van der Waals surface area contributed by atoms with Gasteiger partial charge in [0.15, 0.2) is 0 Å². The van der Waals surface area contributed by atoms with Crippen molar-refractivity contribution in [3.63, 3.8) is 0 Å². The Morgan fingerprint density at radius 3 is 2.00 bits per heavy atom. The van der Waals surface area contributed by atoms with E-state index in [2.05, 4.69) is 5.32 Å². The molecule has 0 saturated heterocycles. The molecule has 0 spiro atoms. The van der Waals surface area contributed by atoms with Crippen LogP contribution in [0.15, 0.2) is 12.2 Å². The van der Waals surface area contributed by atoms with Crippen LogP contribution in [0.25, 0.3) is 0 Å². The Balaban J connectivity index is 4.14. The molecule has 0 aromatic rings. The van der Waals surface area contributed by atoms with Crippen molar-refractivity contribution in [2.75, 3.05) is 14.1 Å². The van der Waals surface area contributed by atoms with E-state index in [0.717, 1.165) is 0 Å². The molecule has 1 N–H and O–H groups in total. The minimum Gasteiger partial charge on any atom is -0.348 e. The molecule has 0 fully saturated rings. The number of rotatable bonds is 2. The van der Waals surface area contributed by atoms with Gasteiger partial charge in [0.2, 0.25) is 11.8 Å². The average Bonchev–Trinajstić information content (AvgIpc) is 1.96. The molecule has 0 aliphatic rings. The Labute approximate surface area is 85.0 Å². The molecular formula is C10H18N2O2. The van der Waals surface area contributed by atoms with Gasteiger partial charge in [-0.25, -0.2) is 0 Å². The number of hydrogen-bond donors (Lipinski definition) is 1. The summed E-state index contributed by atoms with van der Waals surface area (Å²) in [4.78, 5) is 23.7. The summed E-state index contributed by atoms with van der Waals surface area (Å²) in [7, 11) is 3.27. The first kappa shape index (κ1) is 12.7. The molecule has 0 unspecified atom stereocenters. The van der Waals surface area contributed by atoms with Crippen LogP contribution in [0, 0.1) is 0 Å². The first-order valence-electron chi connectivity index (χ1n) is 4.44. The molecular weight excluding hydrogens is 180 g/mol. The molecule has 0 saturated carbocycles. The van der Waals surface area contributed by atoms with E-state index in [1.54, 1.807) is 14.1 Å². The van der Waals surface area contributed by atoms with Gasteiger partial charge < -0.3 is 10.2 Å². The fourth-order valence-corrected chi connectivity index (χ4v) is 0.707. The van der Waals surface area contributed by atoms with Gasteiger partial charge in [0.05, 0.1) is 0 Å². The number of nitrogens with zero attached hydrogens (tertiary/aromatic N) is 1. The van der Waals surface area contributed by atoms with Crippen molar-refractivity contribution in [1.29, 1.82) is 0 Å². The SMILES string of the molecule is CN(C)C(=O)/C=C\C(=O)NC(C)(C)C. The van der Waals surface area contributed by atoms with Crippen molar-refractivity contribution in [3.05, 3.63) is 12.2 Å². The minimum absolute atomic E-state index is 0.200. The molecule has 0 radical (unpaired) electrons. The molecule has 0 aliphatic heterocycles. The van der Waals surface area contributed by atoms with Gasteiger partial charge in [-0.05, 0) is 20.8 Å². The molecule has 0 aliphatic carbocycles. The van der Waals surface area contributed by atoms with E-state index >= 15 is 0 Å². The lowest BCUT2D eigenvalue weighted by Gasteiger charge is -2.19. The van der Waals surface area contributed by atoms with Crippen molar-refractivity contribution in [1.82, 2.24) is 10.2 Å². The molecule has 4 heteroatoms. The third-order valence-corrected chi connectivity index (χ3v) is 1.32. The highest BCUT2D eigenvalue weighted by atomic mass is 16.2. The maximum Gasteiger partial charge on any atom is 0.246 e. The second-order valence-electron chi connectivity index (χ2n) is 4.31. The Kier molecular flexibility index (Phi) is 4.34. The van der Waals surface area contributed by atoms with E-state index in [9.17, 15) is 9.59 Å². The summed E-state index contributed by atoms with van der Waals surface area (Å²) in [5.41, 5.74) is -0.275. The highest BCUT2D eigenvalue weighted by molar-refractivity contribution is 5.96. The zero-order chi connectivity index (χ0) is 11.4. The highest BCUT2D eigenvalue weighted by Gasteiger charge is 2.11. The van der Waals surface area contributed by atoms with Crippen LogP contribution in [0.4, 0.5) is 0 Å². The topological polar surface area (TPSA) is 49.4 Å². The first-order chi connectivity index (χ1) is 6.22. The number of hydrogen-bond acceptors (Lipinski definition) is 2. The fraction of sp³-hybridized carbons (Fsp3) is 0.600. The molecule has 0 atom stereocenters. The summed E-state index contributed by atoms with van der Waals surface area (Å²) in [5, 5.41) is 2.72. The predicted molar refractivity (Wildman–Crippen MR) is 55.7 cm³/mol. The maximum absolute atomic E-state index is 11.2. The van der Waals surface area contributed by atoms with E-state index in [4.69, 9.17) is 0 Å². The molecule has 14 heavy (non-hydrogen) atoms. The number of amides is 2. The second kappa shape index (κ2) is 4.79. The van der Waals surface area contributed by atoms with Crippen LogP contribution in [-0.2, 0) is 9.59 Å². The van der Waals surface area contributed by atoms with Crippen LogP contribution >= 0.6 is 0 Å². The van der Waals surface area contributed by atoms with Crippen molar-refractivity contribution >= 4 is 11.8 Å². The third-order valence-electron chi connectivity index (χ3n) is 1.32. The summed E-state index contributed by atoms with van der Waals surface area (Å²) in [6, 6.07) is 0. The molecule has 0 rings (SSSR count). The van der Waals surface area contributed by atoms with Crippen LogP contribution in [0.1, 0.15) is 20.8 Å². The van der Waals surface area contributed by atoms with Gasteiger partial charge >= 0.3 is 0 Å². The van der Waals surface area contributed by atoms with Gasteiger partial charge in [-0.3, -0.25) is 9.59 Å². The molecule has 0 heterocycles. The van der Waals surface area contributed by atoms with Gasteiger partial charge in [-0.15, -0.1) is 0 Å². The number of carbonyl (C=O) groups is 2. The van der Waals surface area contributed by atoms with E-state index in [1.807, 2.05) is 20.8 Å². The maximum atomic E-state index is 11.2. The smallest absolute Gasteiger partial charge is 0.246 e. The number of carbonyl (C=O) groups excluding carboxylic acids is 2. The van der Waals surface area contributed by atoms with Gasteiger partial charge in [-0.1, -0.05) is 0 Å². The van der Waals surface area contributed by atoms with Crippen LogP contribution in [0.2, 0.25) is 0 Å². The Hall–Kier alpha value is -1.32. The molecule has 0 aromatic heterocycles. The van der Waals surface area contributed by atoms with Crippen molar-refractivity contribution in [2.24, 2.45) is 0 Å². The lowest BCUT2D eigenvalue weighted by Crippen LogP contribution is -2.39. The molecule has 0 bridgehead atoms. The predicted octanol–water partition coefficient (Wildman–Crippen LogP) is 0.545. The standard InChI is InChI=1S/C10H18N2O2/c1-10(2,3)11-8(13)6-7-9(14)12(4)5/h6-7H,1-5H3,(H,11,13)/b7-6-. The quantitative estimate of drug-likeness (QED) is 0.659. The van der Waals surface area contributed by atoms with E-state index < -0.39 is 0 Å². The normalized spacial score (nSPS) is 11.5. The monoisotopic (exact) mass is 198 g/mol. The Bertz CT molecular complexity index is 249. The van der Waals surface area contributed by atoms with Gasteiger partial charge in [0, 0.05) is 31.8 Å². The summed E-state index contributed by atoms with van der Waals surface area (Å²) in [5.74, 6) is -0.457. The largest absolute Gasteiger partial charge is 0.348 e. The van der Waals surface area contributed by atoms with Gasteiger partial charge in [0.25, 0.3) is 0 Å². The molecule has 0 aromatic carbocycles. The zero-order valence-corrected chi connectivity index (χ0v) is 9.42. The van der Waals surface area contributed by atoms with Crippen molar-refractivity contribution < 1.29 is 9.59 Å². The van der Waals surface area contributed by atoms with Crippen LogP contribution in [0.5, 0.6) is 0 Å². The fourth-order valence-electron chi connectivity index (χ4n) is 0.707. The van der Waals surface area contributed by atoms with Crippen molar-refractivity contribution in [2.45, 2.75) is 26.3 Å². The Morgan fingerprint density at radius 2 is 1.64 bits per heavy atom.